The zero-order chi connectivity index (χ0) is 18.6. The van der Waals surface area contributed by atoms with Gasteiger partial charge in [0, 0.05) is 12.1 Å². The van der Waals surface area contributed by atoms with E-state index in [0.29, 0.717) is 18.6 Å². The van der Waals surface area contributed by atoms with E-state index >= 15 is 0 Å². The zero-order valence-electron chi connectivity index (χ0n) is 15.9. The molecule has 0 aromatic heterocycles. The Hall–Kier alpha value is -0.950. The van der Waals surface area contributed by atoms with E-state index in [4.69, 9.17) is 4.74 Å². The molecule has 5 nitrogen and oxygen atoms in total. The highest BCUT2D eigenvalue weighted by atomic mass is 32.2. The molecule has 1 aromatic rings. The summed E-state index contributed by atoms with van der Waals surface area (Å²) in [5.74, 6) is 0.777. The van der Waals surface area contributed by atoms with Gasteiger partial charge in [0.25, 0.3) is 0 Å². The highest BCUT2D eigenvalue weighted by molar-refractivity contribution is 7.89. The van der Waals surface area contributed by atoms with Crippen LogP contribution in [0.4, 0.5) is 0 Å². The van der Waals surface area contributed by atoms with Crippen molar-refractivity contribution in [3.05, 3.63) is 35.9 Å². The lowest BCUT2D eigenvalue weighted by Gasteiger charge is -2.32. The molecule has 1 aromatic carbocycles. The second-order valence-corrected chi connectivity index (χ2v) is 9.72. The molecule has 0 radical (unpaired) electrons. The van der Waals surface area contributed by atoms with Crippen molar-refractivity contribution in [1.82, 2.24) is 9.62 Å². The summed E-state index contributed by atoms with van der Waals surface area (Å²) in [6, 6.07) is 10.8. The average molecular weight is 381 g/mol. The monoisotopic (exact) mass is 380 g/mol. The molecular formula is C20H32N2O3S. The Morgan fingerprint density at radius 1 is 1.12 bits per heavy atom. The molecule has 3 rings (SSSR count). The largest absolute Gasteiger partial charge is 0.377 e. The van der Waals surface area contributed by atoms with E-state index in [1.165, 1.54) is 18.4 Å². The van der Waals surface area contributed by atoms with Crippen LogP contribution in [0.3, 0.4) is 0 Å². The summed E-state index contributed by atoms with van der Waals surface area (Å²) in [6.07, 6.45) is 5.66. The molecule has 1 N–H and O–H groups in total. The third-order valence-corrected chi connectivity index (χ3v) is 7.40. The number of likely N-dealkylation sites (tertiary alicyclic amines) is 1. The highest BCUT2D eigenvalue weighted by Gasteiger charge is 2.35. The van der Waals surface area contributed by atoms with E-state index in [0.717, 1.165) is 25.8 Å². The van der Waals surface area contributed by atoms with Crippen LogP contribution in [-0.4, -0.2) is 57.5 Å². The number of rotatable bonds is 7. The number of hydrogen-bond acceptors (Lipinski definition) is 4. The molecule has 1 aliphatic heterocycles. The van der Waals surface area contributed by atoms with Crippen molar-refractivity contribution in [2.24, 2.45) is 0 Å². The van der Waals surface area contributed by atoms with E-state index in [2.05, 4.69) is 47.0 Å². The molecule has 1 saturated heterocycles. The smallest absolute Gasteiger partial charge is 0.211 e. The average Bonchev–Trinajstić information content (AvgIpc) is 3.00. The Kier molecular flexibility index (Phi) is 6.72. The Morgan fingerprint density at radius 2 is 1.81 bits per heavy atom. The highest BCUT2D eigenvalue weighted by Crippen LogP contribution is 2.34. The maximum atomic E-state index is 11.9. The summed E-state index contributed by atoms with van der Waals surface area (Å²) in [5, 5.41) is 0. The standard InChI is InChI=1S/C20H32N2O3S/c1-3-26(23,24)21-19-13-14-22(2)20(19)15-25-18-11-9-17(10-12-18)16-7-5-4-6-8-16/h4-8,17-21H,3,9-15H2,1-2H3/t17-,18+,19?,20-/m0/s1. The molecule has 2 fully saturated rings. The maximum Gasteiger partial charge on any atom is 0.211 e. The van der Waals surface area contributed by atoms with Gasteiger partial charge >= 0.3 is 0 Å². The lowest BCUT2D eigenvalue weighted by Crippen LogP contribution is -2.47. The van der Waals surface area contributed by atoms with Gasteiger partial charge < -0.3 is 4.74 Å². The minimum absolute atomic E-state index is 0.0365. The van der Waals surface area contributed by atoms with Crippen molar-refractivity contribution in [3.63, 3.8) is 0 Å². The number of nitrogens with one attached hydrogen (secondary N) is 1. The fourth-order valence-electron chi connectivity index (χ4n) is 4.23. The molecule has 26 heavy (non-hydrogen) atoms. The van der Waals surface area contributed by atoms with Gasteiger partial charge in [-0.3, -0.25) is 4.90 Å². The van der Waals surface area contributed by atoms with Gasteiger partial charge in [-0.2, -0.15) is 0 Å². The molecule has 146 valence electrons. The molecule has 1 unspecified atom stereocenters. The van der Waals surface area contributed by atoms with Crippen LogP contribution in [0.5, 0.6) is 0 Å². The van der Waals surface area contributed by atoms with E-state index in [9.17, 15) is 8.42 Å². The van der Waals surface area contributed by atoms with Crippen LogP contribution in [0.2, 0.25) is 0 Å². The first-order valence-corrected chi connectivity index (χ1v) is 11.5. The molecule has 0 spiro atoms. The van der Waals surface area contributed by atoms with Crippen molar-refractivity contribution in [2.75, 3.05) is 26.0 Å². The summed E-state index contributed by atoms with van der Waals surface area (Å²) in [6.45, 7) is 3.19. The van der Waals surface area contributed by atoms with Crippen molar-refractivity contribution in [1.29, 1.82) is 0 Å². The summed E-state index contributed by atoms with van der Waals surface area (Å²) in [4.78, 5) is 2.22. The van der Waals surface area contributed by atoms with E-state index < -0.39 is 10.0 Å². The normalized spacial score (nSPS) is 30.5. The fraction of sp³-hybridized carbons (Fsp3) is 0.700. The van der Waals surface area contributed by atoms with Gasteiger partial charge in [-0.05, 0) is 64.1 Å². The Balaban J connectivity index is 1.48. The lowest BCUT2D eigenvalue weighted by atomic mass is 9.83. The molecule has 0 amide bonds. The zero-order valence-corrected chi connectivity index (χ0v) is 16.7. The van der Waals surface area contributed by atoms with Crippen LogP contribution < -0.4 is 4.72 Å². The summed E-state index contributed by atoms with van der Waals surface area (Å²) >= 11 is 0. The van der Waals surface area contributed by atoms with Crippen molar-refractivity contribution in [3.8, 4) is 0 Å². The molecule has 0 bridgehead atoms. The van der Waals surface area contributed by atoms with Gasteiger partial charge in [-0.1, -0.05) is 30.3 Å². The van der Waals surface area contributed by atoms with Crippen LogP contribution in [0.1, 0.15) is 50.5 Å². The minimum Gasteiger partial charge on any atom is -0.377 e. The van der Waals surface area contributed by atoms with Crippen LogP contribution in [0, 0.1) is 0 Å². The Labute approximate surface area is 158 Å². The van der Waals surface area contributed by atoms with Gasteiger partial charge in [0.2, 0.25) is 10.0 Å². The summed E-state index contributed by atoms with van der Waals surface area (Å²) in [5.41, 5.74) is 1.44. The van der Waals surface area contributed by atoms with Crippen LogP contribution in [0.25, 0.3) is 0 Å². The van der Waals surface area contributed by atoms with Gasteiger partial charge in [0.15, 0.2) is 0 Å². The molecule has 6 heteroatoms. The van der Waals surface area contributed by atoms with Crippen molar-refractivity contribution >= 4 is 10.0 Å². The third-order valence-electron chi connectivity index (χ3n) is 5.98. The van der Waals surface area contributed by atoms with Gasteiger partial charge in [-0.25, -0.2) is 13.1 Å². The predicted octanol–water partition coefficient (Wildman–Crippen LogP) is 2.74. The van der Waals surface area contributed by atoms with Crippen molar-refractivity contribution < 1.29 is 13.2 Å². The van der Waals surface area contributed by atoms with Crippen molar-refractivity contribution in [2.45, 2.75) is 63.1 Å². The SMILES string of the molecule is CCS(=O)(=O)NC1CCN(C)[C@H]1CO[C@H]1CC[C@@H](c2ccccc2)CC1. The molecule has 2 aliphatic rings. The van der Waals surface area contributed by atoms with Crippen LogP contribution in [-0.2, 0) is 14.8 Å². The number of nitrogens with zero attached hydrogens (tertiary/aromatic N) is 1. The Bertz CT molecular complexity index is 657. The molecule has 2 atom stereocenters. The predicted molar refractivity (Wildman–Crippen MR) is 105 cm³/mol. The van der Waals surface area contributed by atoms with Gasteiger partial charge in [0.1, 0.15) is 0 Å². The first-order valence-electron chi connectivity index (χ1n) is 9.85. The van der Waals surface area contributed by atoms with Gasteiger partial charge in [0.05, 0.1) is 18.5 Å². The van der Waals surface area contributed by atoms with Crippen LogP contribution >= 0.6 is 0 Å². The first kappa shape index (κ1) is 19.8. The Morgan fingerprint density at radius 3 is 2.46 bits per heavy atom. The lowest BCUT2D eigenvalue weighted by molar-refractivity contribution is -0.00244. The van der Waals surface area contributed by atoms with E-state index in [1.807, 2.05) is 0 Å². The molecule has 1 heterocycles. The second-order valence-electron chi connectivity index (χ2n) is 7.68. The first-order chi connectivity index (χ1) is 12.5. The number of benzene rings is 1. The second kappa shape index (κ2) is 8.83. The maximum absolute atomic E-state index is 11.9. The third kappa shape index (κ3) is 5.06. The van der Waals surface area contributed by atoms with E-state index in [1.54, 1.807) is 6.92 Å². The topological polar surface area (TPSA) is 58.6 Å². The fourth-order valence-corrected chi connectivity index (χ4v) is 5.13. The number of hydrogen-bond donors (Lipinski definition) is 1. The minimum atomic E-state index is -3.17. The number of sulfonamides is 1. The molecular weight excluding hydrogens is 348 g/mol. The quantitative estimate of drug-likeness (QED) is 0.790. The molecule has 1 saturated carbocycles. The van der Waals surface area contributed by atoms with Gasteiger partial charge in [-0.15, -0.1) is 0 Å². The van der Waals surface area contributed by atoms with E-state index in [-0.39, 0.29) is 17.8 Å². The number of likely N-dealkylation sites (N-methyl/N-ethyl adjacent to an activating group) is 1. The summed E-state index contributed by atoms with van der Waals surface area (Å²) < 4.78 is 32.9. The molecule has 1 aliphatic carbocycles. The number of ether oxygens (including phenoxy) is 1. The summed E-state index contributed by atoms with van der Waals surface area (Å²) in [7, 11) is -1.12. The van der Waals surface area contributed by atoms with Crippen LogP contribution in [0.15, 0.2) is 30.3 Å².